The van der Waals surface area contributed by atoms with Crippen molar-refractivity contribution in [1.82, 2.24) is 5.32 Å². The number of nitrogens with one attached hydrogen (secondary N) is 1. The molecule has 1 saturated heterocycles. The van der Waals surface area contributed by atoms with E-state index in [1.54, 1.807) is 54.6 Å². The lowest BCUT2D eigenvalue weighted by atomic mass is 9.98. The third kappa shape index (κ3) is 29.3. The fourth-order valence-corrected chi connectivity index (χ4v) is 10.7. The van der Waals surface area contributed by atoms with Gasteiger partial charge in [0.05, 0.1) is 35.9 Å². The first-order chi connectivity index (χ1) is 39.1. The van der Waals surface area contributed by atoms with Gasteiger partial charge in [-0.1, -0.05) is 223 Å². The molecular weight excluding hydrogens is 1080 g/mol. The van der Waals surface area contributed by atoms with E-state index in [1.165, 1.54) is 133 Å². The minimum Gasteiger partial charge on any atom is -0.456 e. The number of benzene rings is 3. The van der Waals surface area contributed by atoms with E-state index in [0.29, 0.717) is 12.8 Å². The van der Waals surface area contributed by atoms with E-state index < -0.39 is 94.8 Å². The van der Waals surface area contributed by atoms with Gasteiger partial charge in [0, 0.05) is 6.42 Å². The van der Waals surface area contributed by atoms with Gasteiger partial charge >= 0.3 is 38.7 Å². The molecule has 1 amide bonds. The maximum absolute atomic E-state index is 14.1. The summed E-state index contributed by atoms with van der Waals surface area (Å²) < 4.78 is 109. The number of amides is 1. The van der Waals surface area contributed by atoms with E-state index in [1.807, 2.05) is 0 Å². The van der Waals surface area contributed by atoms with Crippen LogP contribution in [0.4, 0.5) is 0 Å². The van der Waals surface area contributed by atoms with Crippen LogP contribution < -0.4 is 5.32 Å². The third-order valence-electron chi connectivity index (χ3n) is 14.3. The van der Waals surface area contributed by atoms with Gasteiger partial charge in [0.25, 0.3) is 0 Å². The molecule has 1 fully saturated rings. The van der Waals surface area contributed by atoms with Crippen LogP contribution >= 0.6 is 0 Å². The molecule has 3 aromatic carbocycles. The summed E-state index contributed by atoms with van der Waals surface area (Å²) >= 11 is 0. The lowest BCUT2D eigenvalue weighted by Crippen LogP contribution is -2.63. The smallest absolute Gasteiger partial charge is 0.397 e. The molecule has 0 bridgehead atoms. The molecule has 4 rings (SSSR count). The molecule has 3 N–H and O–H groups in total. The van der Waals surface area contributed by atoms with Crippen molar-refractivity contribution in [2.45, 2.75) is 236 Å². The Balaban J connectivity index is 1.64. The predicted molar refractivity (Wildman–Crippen MR) is 308 cm³/mol. The Labute approximate surface area is 482 Å². The number of unbranched alkanes of at least 4 members (excludes halogenated alkanes) is 24. The zero-order valence-corrected chi connectivity index (χ0v) is 49.4. The van der Waals surface area contributed by atoms with Crippen LogP contribution in [0.3, 0.4) is 0 Å². The van der Waals surface area contributed by atoms with E-state index in [2.05, 4.69) is 23.3 Å². The molecular formula is C61H91NO17S2. The second kappa shape index (κ2) is 39.6. The SMILES string of the molecule is CCCCCCCCCCCCCCCC(=O)N[C@@H](CO[C@H]1O[C@H](COS(=O)(=O)O)[C@H](OS(=O)(=O)O)[C@H](OC(=O)c2ccccc2)[C@H]1OC(=O)c1ccccc1)[C@@H](CCCCCCCCCCCCCCC)OC(=O)c1ccccc1. The molecule has 18 nitrogen and oxygen atoms in total. The minimum atomic E-state index is -5.51. The molecule has 0 aliphatic carbocycles. The second-order valence-corrected chi connectivity index (χ2v) is 23.2. The van der Waals surface area contributed by atoms with E-state index in [0.717, 1.165) is 57.8 Å². The Hall–Kier alpha value is -4.80. The summed E-state index contributed by atoms with van der Waals surface area (Å²) in [6.45, 7) is 2.67. The van der Waals surface area contributed by atoms with Gasteiger partial charge in [0.2, 0.25) is 5.91 Å². The van der Waals surface area contributed by atoms with Crippen LogP contribution in [0.5, 0.6) is 0 Å². The Morgan fingerprint density at radius 1 is 0.506 bits per heavy atom. The molecule has 0 aromatic heterocycles. The van der Waals surface area contributed by atoms with Crippen molar-refractivity contribution in [1.29, 1.82) is 0 Å². The van der Waals surface area contributed by atoms with Crippen LogP contribution in [0.25, 0.3) is 0 Å². The Kier molecular flexibility index (Phi) is 33.6. The normalized spacial score (nSPS) is 18.1. The van der Waals surface area contributed by atoms with E-state index >= 15 is 0 Å². The Bertz CT molecular complexity index is 2430. The first-order valence-electron chi connectivity index (χ1n) is 29.7. The summed E-state index contributed by atoms with van der Waals surface area (Å²) in [5, 5.41) is 3.03. The number of carbonyl (C=O) groups excluding carboxylic acids is 4. The summed E-state index contributed by atoms with van der Waals surface area (Å²) in [5.74, 6) is -3.19. The average Bonchev–Trinajstić information content (AvgIpc) is 3.45. The molecule has 81 heavy (non-hydrogen) atoms. The molecule has 3 aromatic rings. The average molecular weight is 1170 g/mol. The van der Waals surface area contributed by atoms with E-state index in [-0.39, 0.29) is 35.4 Å². The number of carbonyl (C=O) groups is 4. The van der Waals surface area contributed by atoms with Crippen molar-refractivity contribution in [3.8, 4) is 0 Å². The standard InChI is InChI=1S/C61H91NO17S2/c1-3-5-7-9-11-13-15-17-19-21-23-25-36-44-52(75-58(64)48-38-30-27-31-39-48)51(62-54(63)45-37-26-24-22-20-18-16-14-12-10-8-6-4-2)46-73-61-57(78-60(66)50-42-34-29-35-43-50)56(77-59(65)49-40-32-28-33-41-49)55(79-81(70,71)72)53(76-61)47-74-80(67,68)69/h27-35,38-43,51-53,55-57,61H,3-26,36-37,44-47H2,1-2H3,(H,62,63)(H,67,68,69)(H,70,71,72)/t51-,52+,53+,55-,56-,57+,61-/m0/s1. The van der Waals surface area contributed by atoms with Gasteiger partial charge in [0.15, 0.2) is 18.5 Å². The molecule has 0 radical (unpaired) electrons. The lowest BCUT2D eigenvalue weighted by Gasteiger charge is -2.44. The highest BCUT2D eigenvalue weighted by molar-refractivity contribution is 7.81. The third-order valence-corrected chi connectivity index (χ3v) is 15.2. The van der Waals surface area contributed by atoms with Crippen LogP contribution in [-0.4, -0.2) is 106 Å². The highest BCUT2D eigenvalue weighted by Gasteiger charge is 2.54. The molecule has 0 spiro atoms. The highest BCUT2D eigenvalue weighted by Crippen LogP contribution is 2.33. The quantitative estimate of drug-likeness (QED) is 0.0206. The van der Waals surface area contributed by atoms with Crippen molar-refractivity contribution < 1.29 is 77.2 Å². The van der Waals surface area contributed by atoms with Gasteiger partial charge in [-0.2, -0.15) is 16.8 Å². The zero-order valence-electron chi connectivity index (χ0n) is 47.7. The number of rotatable bonds is 44. The van der Waals surface area contributed by atoms with Crippen LogP contribution in [-0.2, 0) is 57.6 Å². The maximum atomic E-state index is 14.1. The summed E-state index contributed by atoms with van der Waals surface area (Å²) in [7, 11) is -10.8. The number of hydrogen-bond acceptors (Lipinski definition) is 15. The van der Waals surface area contributed by atoms with Gasteiger partial charge in [-0.15, -0.1) is 0 Å². The highest BCUT2D eigenvalue weighted by atomic mass is 32.3. The molecule has 0 saturated carbocycles. The monoisotopic (exact) mass is 1170 g/mol. The summed E-state index contributed by atoms with van der Waals surface area (Å²) in [4.78, 5) is 55.9. The van der Waals surface area contributed by atoms with E-state index in [9.17, 15) is 45.1 Å². The van der Waals surface area contributed by atoms with Crippen molar-refractivity contribution in [2.24, 2.45) is 0 Å². The molecule has 0 unspecified atom stereocenters. The van der Waals surface area contributed by atoms with Crippen LogP contribution in [0.15, 0.2) is 91.0 Å². The van der Waals surface area contributed by atoms with Crippen LogP contribution in [0.2, 0.25) is 0 Å². The van der Waals surface area contributed by atoms with E-state index in [4.69, 9.17) is 27.9 Å². The van der Waals surface area contributed by atoms with Crippen LogP contribution in [0.1, 0.15) is 225 Å². The molecule has 7 atom stereocenters. The molecule has 1 aliphatic heterocycles. The maximum Gasteiger partial charge on any atom is 0.397 e. The summed E-state index contributed by atoms with van der Waals surface area (Å²) in [5.41, 5.74) is 0.176. The Morgan fingerprint density at radius 3 is 1.32 bits per heavy atom. The largest absolute Gasteiger partial charge is 0.456 e. The predicted octanol–water partition coefficient (Wildman–Crippen LogP) is 12.9. The minimum absolute atomic E-state index is 0.0162. The van der Waals surface area contributed by atoms with Crippen molar-refractivity contribution in [3.05, 3.63) is 108 Å². The summed E-state index contributed by atoms with van der Waals surface area (Å²) in [6, 6.07) is 22.1. The zero-order chi connectivity index (χ0) is 58.6. The van der Waals surface area contributed by atoms with Gasteiger partial charge in [0.1, 0.15) is 18.3 Å². The van der Waals surface area contributed by atoms with Gasteiger partial charge in [-0.05, 0) is 55.7 Å². The van der Waals surface area contributed by atoms with Crippen molar-refractivity contribution >= 4 is 44.6 Å². The number of esters is 3. The molecule has 454 valence electrons. The number of hydrogen-bond donors (Lipinski definition) is 3. The van der Waals surface area contributed by atoms with Gasteiger partial charge < -0.3 is 29.0 Å². The van der Waals surface area contributed by atoms with Gasteiger partial charge in [-0.25, -0.2) is 22.7 Å². The van der Waals surface area contributed by atoms with Gasteiger partial charge in [-0.3, -0.25) is 13.9 Å². The second-order valence-electron chi connectivity index (χ2n) is 21.1. The first-order valence-corrected chi connectivity index (χ1v) is 32.4. The molecule has 1 heterocycles. The molecule has 1 aliphatic rings. The number of ether oxygens (including phenoxy) is 5. The lowest BCUT2D eigenvalue weighted by molar-refractivity contribution is -0.296. The molecule has 20 heteroatoms. The topological polar surface area (TPSA) is 254 Å². The Morgan fingerprint density at radius 2 is 0.901 bits per heavy atom. The fourth-order valence-electron chi connectivity index (χ4n) is 9.86. The summed E-state index contributed by atoms with van der Waals surface area (Å²) in [6.07, 6.45) is 18.0. The van der Waals surface area contributed by atoms with Crippen molar-refractivity contribution in [3.63, 3.8) is 0 Å². The van der Waals surface area contributed by atoms with Crippen LogP contribution in [0, 0.1) is 0 Å². The van der Waals surface area contributed by atoms with Crippen molar-refractivity contribution in [2.75, 3.05) is 13.2 Å². The fraction of sp³-hybridized carbons (Fsp3) is 0.639. The first kappa shape index (κ1) is 68.7.